The Morgan fingerprint density at radius 3 is 1.32 bits per heavy atom. The molecule has 0 spiro atoms. The number of anilines is 3. The van der Waals surface area contributed by atoms with E-state index in [0.29, 0.717) is 11.8 Å². The molecular weight excluding hydrogens is 520 g/mol. The fourth-order valence-corrected chi connectivity index (χ4v) is 11.6. The first-order valence-electron chi connectivity index (χ1n) is 14.4. The summed E-state index contributed by atoms with van der Waals surface area (Å²) in [5, 5.41) is 8.75. The number of rotatable bonds is 4. The second-order valence-electron chi connectivity index (χ2n) is 11.6. The Hall–Kier alpha value is -3.24. The van der Waals surface area contributed by atoms with Crippen molar-refractivity contribution < 1.29 is 0 Å². The molecule has 2 heterocycles. The third-order valence-corrected chi connectivity index (χ3v) is 13.2. The van der Waals surface area contributed by atoms with E-state index in [4.69, 9.17) is 0 Å². The van der Waals surface area contributed by atoms with E-state index < -0.39 is 15.8 Å². The maximum Gasteiger partial charge on any atom is 0.0629 e. The normalized spacial score (nSPS) is 17.0. The number of hydrogen-bond donors (Lipinski definition) is 0. The molecule has 3 heteroatoms. The first kappa shape index (κ1) is 25.7. The van der Waals surface area contributed by atoms with E-state index in [9.17, 15) is 0 Å². The molecule has 0 saturated carbocycles. The maximum atomic E-state index is 2.65. The zero-order valence-electron chi connectivity index (χ0n) is 23.9. The van der Waals surface area contributed by atoms with Crippen molar-refractivity contribution in [3.63, 3.8) is 0 Å². The maximum absolute atomic E-state index is 2.65. The van der Waals surface area contributed by atoms with Crippen LogP contribution in [0.15, 0.2) is 109 Å². The van der Waals surface area contributed by atoms with Crippen molar-refractivity contribution in [1.29, 1.82) is 0 Å². The Balaban J connectivity index is 1.61. The number of fused-ring (bicyclic) bond motifs is 4. The van der Waals surface area contributed by atoms with Gasteiger partial charge in [0.1, 0.15) is 0 Å². The molecule has 198 valence electrons. The summed E-state index contributed by atoms with van der Waals surface area (Å²) in [4.78, 5) is 2.65. The molecule has 0 fully saturated rings. The second kappa shape index (κ2) is 9.99. The van der Waals surface area contributed by atoms with Gasteiger partial charge >= 0.3 is 0 Å². The molecule has 2 aliphatic heterocycles. The van der Waals surface area contributed by atoms with E-state index in [2.05, 4.69) is 149 Å². The lowest BCUT2D eigenvalue weighted by Crippen LogP contribution is -2.43. The van der Waals surface area contributed by atoms with Crippen molar-refractivity contribution in [3.8, 4) is 0 Å². The van der Waals surface area contributed by atoms with Crippen molar-refractivity contribution in [2.45, 2.75) is 46.5 Å². The van der Waals surface area contributed by atoms with Crippen LogP contribution in [-0.4, -0.2) is 0 Å². The molecule has 2 atom stereocenters. The third-order valence-electron chi connectivity index (χ3n) is 8.24. The van der Waals surface area contributed by atoms with Gasteiger partial charge in [-0.2, -0.15) is 0 Å². The van der Waals surface area contributed by atoms with Crippen LogP contribution >= 0.6 is 15.8 Å². The van der Waals surface area contributed by atoms with Crippen LogP contribution in [0.1, 0.15) is 56.2 Å². The lowest BCUT2D eigenvalue weighted by molar-refractivity contribution is 0.865. The van der Waals surface area contributed by atoms with E-state index >= 15 is 0 Å². The highest BCUT2D eigenvalue weighted by molar-refractivity contribution is 7.82. The average molecular weight is 556 g/mol. The Morgan fingerprint density at radius 2 is 0.925 bits per heavy atom. The predicted molar refractivity (Wildman–Crippen MR) is 179 cm³/mol. The van der Waals surface area contributed by atoms with Gasteiger partial charge in [-0.05, 0) is 86.2 Å². The van der Waals surface area contributed by atoms with Gasteiger partial charge in [0, 0.05) is 21.2 Å². The van der Waals surface area contributed by atoms with Gasteiger partial charge in [-0.3, -0.25) is 0 Å². The Kier molecular flexibility index (Phi) is 6.42. The fraction of sp³-hybridized carbons (Fsp3) is 0.189. The standard InChI is InChI=1S/C37H35NP2/c1-24(2)27-16-18-33-31(22-27)38-32-23-28(25(3)4)17-19-34(32)40(30-14-10-7-11-15-30)36-21-26(5)20-35(37(36)38)39(33)29-12-8-6-9-13-29/h6-25H,1-5H3. The van der Waals surface area contributed by atoms with Gasteiger partial charge in [0.05, 0.1) is 17.1 Å². The molecule has 0 saturated heterocycles. The summed E-state index contributed by atoms with van der Waals surface area (Å²) >= 11 is 0. The van der Waals surface area contributed by atoms with Crippen LogP contribution in [0, 0.1) is 6.92 Å². The molecular formula is C37H35NP2. The summed E-state index contributed by atoms with van der Waals surface area (Å²) in [6.45, 7) is 11.5. The van der Waals surface area contributed by atoms with Gasteiger partial charge in [0.2, 0.25) is 0 Å². The molecule has 0 N–H and O–H groups in total. The van der Waals surface area contributed by atoms with Crippen LogP contribution in [0.25, 0.3) is 0 Å². The van der Waals surface area contributed by atoms with Gasteiger partial charge in [0.15, 0.2) is 0 Å². The largest absolute Gasteiger partial charge is 0.308 e. The quantitative estimate of drug-likeness (QED) is 0.200. The number of benzene rings is 5. The minimum Gasteiger partial charge on any atom is -0.308 e. The summed E-state index contributed by atoms with van der Waals surface area (Å²) in [7, 11) is -1.38. The van der Waals surface area contributed by atoms with Crippen LogP contribution in [-0.2, 0) is 0 Å². The van der Waals surface area contributed by atoms with E-state index in [1.807, 2.05) is 0 Å². The fourth-order valence-electron chi connectivity index (χ4n) is 6.19. The molecule has 0 amide bonds. The van der Waals surface area contributed by atoms with Crippen LogP contribution in [0.3, 0.4) is 0 Å². The van der Waals surface area contributed by atoms with Crippen molar-refractivity contribution >= 4 is 64.7 Å². The topological polar surface area (TPSA) is 3.24 Å². The summed E-state index contributed by atoms with van der Waals surface area (Å²) in [6, 6.07) is 42.0. The Labute approximate surface area is 241 Å². The van der Waals surface area contributed by atoms with Crippen molar-refractivity contribution in [2.75, 3.05) is 4.90 Å². The lowest BCUT2D eigenvalue weighted by atomic mass is 10.00. The van der Waals surface area contributed by atoms with Gasteiger partial charge in [-0.1, -0.05) is 113 Å². The summed E-state index contributed by atoms with van der Waals surface area (Å²) in [6.07, 6.45) is 0. The highest BCUT2D eigenvalue weighted by Crippen LogP contribution is 2.55. The van der Waals surface area contributed by atoms with Gasteiger partial charge in [-0.15, -0.1) is 0 Å². The first-order valence-corrected chi connectivity index (χ1v) is 17.0. The Bertz CT molecular complexity index is 1600. The SMILES string of the molecule is Cc1cc2c3c(c1)P(c1ccccc1)c1ccc(C(C)C)cc1N3c1cc(C(C)C)ccc1P2c1ccccc1. The van der Waals surface area contributed by atoms with Gasteiger partial charge in [0.25, 0.3) is 0 Å². The summed E-state index contributed by atoms with van der Waals surface area (Å²) < 4.78 is 0. The number of nitrogens with zero attached hydrogens (tertiary/aromatic N) is 1. The van der Waals surface area contributed by atoms with Crippen molar-refractivity contribution in [3.05, 3.63) is 126 Å². The zero-order chi connectivity index (χ0) is 27.5. The molecule has 0 radical (unpaired) electrons. The molecule has 5 aromatic rings. The van der Waals surface area contributed by atoms with Crippen LogP contribution in [0.5, 0.6) is 0 Å². The van der Waals surface area contributed by atoms with Crippen molar-refractivity contribution in [1.82, 2.24) is 0 Å². The van der Waals surface area contributed by atoms with Crippen LogP contribution in [0.4, 0.5) is 17.1 Å². The minimum atomic E-state index is -0.690. The summed E-state index contributed by atoms with van der Waals surface area (Å²) in [5.41, 5.74) is 8.31. The van der Waals surface area contributed by atoms with E-state index in [1.54, 1.807) is 0 Å². The second-order valence-corrected chi connectivity index (χ2v) is 15.9. The molecule has 7 rings (SSSR count). The average Bonchev–Trinajstić information content (AvgIpc) is 2.97. The Morgan fingerprint density at radius 1 is 0.500 bits per heavy atom. The van der Waals surface area contributed by atoms with Crippen LogP contribution in [0.2, 0.25) is 0 Å². The predicted octanol–water partition coefficient (Wildman–Crippen LogP) is 7.85. The molecule has 0 aliphatic carbocycles. The molecule has 2 unspecified atom stereocenters. The van der Waals surface area contributed by atoms with Crippen molar-refractivity contribution in [2.24, 2.45) is 0 Å². The highest BCUT2D eigenvalue weighted by atomic mass is 31.1. The minimum absolute atomic E-state index is 0.472. The third kappa shape index (κ3) is 4.06. The summed E-state index contributed by atoms with van der Waals surface area (Å²) in [5.74, 6) is 0.944. The molecule has 0 bridgehead atoms. The zero-order valence-corrected chi connectivity index (χ0v) is 25.7. The molecule has 40 heavy (non-hydrogen) atoms. The molecule has 0 aromatic heterocycles. The molecule has 1 nitrogen and oxygen atoms in total. The van der Waals surface area contributed by atoms with Crippen LogP contribution < -0.4 is 36.7 Å². The monoisotopic (exact) mass is 555 g/mol. The highest BCUT2D eigenvalue weighted by Gasteiger charge is 2.41. The smallest absolute Gasteiger partial charge is 0.0629 e. The number of hydrogen-bond acceptors (Lipinski definition) is 1. The van der Waals surface area contributed by atoms with E-state index in [-0.39, 0.29) is 0 Å². The van der Waals surface area contributed by atoms with E-state index in [1.165, 1.54) is 65.6 Å². The van der Waals surface area contributed by atoms with E-state index in [0.717, 1.165) is 0 Å². The molecule has 5 aromatic carbocycles. The number of aryl methyl sites for hydroxylation is 1. The van der Waals surface area contributed by atoms with Gasteiger partial charge in [-0.25, -0.2) is 0 Å². The first-order chi connectivity index (χ1) is 19.4. The lowest BCUT2D eigenvalue weighted by Gasteiger charge is -2.45. The molecule has 2 aliphatic rings. The van der Waals surface area contributed by atoms with Gasteiger partial charge < -0.3 is 4.90 Å².